The Labute approximate surface area is 189 Å². The van der Waals surface area contributed by atoms with E-state index in [1.807, 2.05) is 47.3 Å². The van der Waals surface area contributed by atoms with Crippen LogP contribution in [-0.4, -0.2) is 52.9 Å². The third-order valence-electron chi connectivity index (χ3n) is 7.35. The highest BCUT2D eigenvalue weighted by atomic mass is 35.5. The van der Waals surface area contributed by atoms with Crippen molar-refractivity contribution >= 4 is 28.3 Å². The summed E-state index contributed by atoms with van der Waals surface area (Å²) in [5, 5.41) is 23.7. The summed E-state index contributed by atoms with van der Waals surface area (Å²) in [5.74, 6) is 0. The predicted molar refractivity (Wildman–Crippen MR) is 119 cm³/mol. The van der Waals surface area contributed by atoms with Crippen LogP contribution in [0.3, 0.4) is 0 Å². The van der Waals surface area contributed by atoms with Gasteiger partial charge in [0.15, 0.2) is 0 Å². The zero-order chi connectivity index (χ0) is 22.2. The second kappa shape index (κ2) is 6.99. The number of aliphatic hydroxyl groups is 2. The van der Waals surface area contributed by atoms with Crippen molar-refractivity contribution in [3.63, 3.8) is 0 Å². The van der Waals surface area contributed by atoms with E-state index in [1.54, 1.807) is 6.20 Å². The van der Waals surface area contributed by atoms with Gasteiger partial charge in [-0.15, -0.1) is 0 Å². The van der Waals surface area contributed by atoms with E-state index in [2.05, 4.69) is 15.0 Å². The average molecular weight is 454 g/mol. The number of ether oxygens (including phenoxy) is 1. The van der Waals surface area contributed by atoms with E-state index >= 15 is 0 Å². The summed E-state index contributed by atoms with van der Waals surface area (Å²) >= 11 is 6.60. The van der Waals surface area contributed by atoms with Crippen molar-refractivity contribution < 1.29 is 14.9 Å². The number of aromatic nitrogens is 5. The zero-order valence-electron chi connectivity index (χ0n) is 17.8. The molecule has 9 heteroatoms. The maximum Gasteiger partial charge on any atom is 0.143 e. The molecule has 2 aliphatic rings. The third-order valence-corrected chi connectivity index (χ3v) is 7.67. The summed E-state index contributed by atoms with van der Waals surface area (Å²) in [6.07, 6.45) is 6.18. The van der Waals surface area contributed by atoms with Crippen LogP contribution in [0, 0.1) is 19.3 Å². The van der Waals surface area contributed by atoms with E-state index in [1.165, 1.54) is 6.33 Å². The number of aryl methyl sites for hydroxylation is 2. The first-order chi connectivity index (χ1) is 15.4. The highest BCUT2D eigenvalue weighted by Gasteiger charge is 2.57. The van der Waals surface area contributed by atoms with Gasteiger partial charge in [-0.25, -0.2) is 15.0 Å². The SMILES string of the molecule is Cc1ncnc2c1ccn2C1CC2(COC(c3cc4ncc(C)n4cc3Cl)C2)C(O)C1O. The molecular weight excluding hydrogens is 430 g/mol. The molecule has 6 rings (SSSR count). The lowest BCUT2D eigenvalue weighted by atomic mass is 9.80. The summed E-state index contributed by atoms with van der Waals surface area (Å²) in [4.78, 5) is 13.1. The van der Waals surface area contributed by atoms with Gasteiger partial charge in [-0.05, 0) is 38.8 Å². The molecule has 0 amide bonds. The van der Waals surface area contributed by atoms with Crippen LogP contribution >= 0.6 is 11.6 Å². The van der Waals surface area contributed by atoms with Gasteiger partial charge in [0.1, 0.15) is 23.7 Å². The smallest absolute Gasteiger partial charge is 0.143 e. The number of rotatable bonds is 2. The molecule has 2 fully saturated rings. The first kappa shape index (κ1) is 20.1. The first-order valence-corrected chi connectivity index (χ1v) is 11.1. The molecule has 5 atom stereocenters. The Morgan fingerprint density at radius 2 is 2.03 bits per heavy atom. The Hall–Kier alpha value is -2.52. The normalized spacial score (nSPS) is 30.3. The highest BCUT2D eigenvalue weighted by molar-refractivity contribution is 6.31. The number of aliphatic hydroxyl groups excluding tert-OH is 2. The van der Waals surface area contributed by atoms with Crippen molar-refractivity contribution in [2.75, 3.05) is 6.61 Å². The molecule has 1 saturated heterocycles. The van der Waals surface area contributed by atoms with E-state index in [9.17, 15) is 10.2 Å². The molecule has 1 saturated carbocycles. The predicted octanol–water partition coefficient (Wildman–Crippen LogP) is 3.16. The molecule has 32 heavy (non-hydrogen) atoms. The van der Waals surface area contributed by atoms with Crippen LogP contribution < -0.4 is 0 Å². The van der Waals surface area contributed by atoms with Crippen molar-refractivity contribution in [3.8, 4) is 0 Å². The van der Waals surface area contributed by atoms with E-state index in [-0.39, 0.29) is 12.1 Å². The minimum atomic E-state index is -0.920. The average Bonchev–Trinajstić information content (AvgIpc) is 3.53. The lowest BCUT2D eigenvalue weighted by molar-refractivity contribution is -0.0309. The maximum absolute atomic E-state index is 11.1. The van der Waals surface area contributed by atoms with Crippen molar-refractivity contribution in [2.45, 2.75) is 51.0 Å². The topological polar surface area (TPSA) is 97.7 Å². The number of hydrogen-bond acceptors (Lipinski definition) is 6. The molecule has 5 heterocycles. The van der Waals surface area contributed by atoms with Gasteiger partial charge >= 0.3 is 0 Å². The Morgan fingerprint density at radius 3 is 2.88 bits per heavy atom. The van der Waals surface area contributed by atoms with Crippen LogP contribution in [0.5, 0.6) is 0 Å². The van der Waals surface area contributed by atoms with Crippen molar-refractivity contribution in [3.05, 3.63) is 59.0 Å². The van der Waals surface area contributed by atoms with Crippen molar-refractivity contribution in [2.24, 2.45) is 5.41 Å². The van der Waals surface area contributed by atoms with Crippen LogP contribution in [0.15, 0.2) is 37.1 Å². The second-order valence-corrected chi connectivity index (χ2v) is 9.60. The molecule has 1 aliphatic carbocycles. The molecule has 166 valence electrons. The lowest BCUT2D eigenvalue weighted by Crippen LogP contribution is -2.37. The Balaban J connectivity index is 1.33. The molecule has 0 aromatic carbocycles. The van der Waals surface area contributed by atoms with Gasteiger partial charge in [-0.1, -0.05) is 11.6 Å². The third kappa shape index (κ3) is 2.76. The minimum Gasteiger partial charge on any atom is -0.390 e. The summed E-state index contributed by atoms with van der Waals surface area (Å²) in [7, 11) is 0. The summed E-state index contributed by atoms with van der Waals surface area (Å²) in [6.45, 7) is 4.27. The molecule has 4 aromatic rings. The molecular formula is C23H24ClN5O3. The van der Waals surface area contributed by atoms with Crippen LogP contribution in [0.1, 0.15) is 41.9 Å². The van der Waals surface area contributed by atoms with Crippen molar-refractivity contribution in [1.82, 2.24) is 23.9 Å². The molecule has 1 spiro atoms. The van der Waals surface area contributed by atoms with Crippen LogP contribution in [0.4, 0.5) is 0 Å². The van der Waals surface area contributed by atoms with E-state index in [4.69, 9.17) is 16.3 Å². The number of fused-ring (bicyclic) bond motifs is 2. The fraction of sp³-hybridized carbons (Fsp3) is 0.435. The van der Waals surface area contributed by atoms with Gasteiger partial charge in [-0.3, -0.25) is 0 Å². The van der Waals surface area contributed by atoms with Gasteiger partial charge in [0.2, 0.25) is 0 Å². The monoisotopic (exact) mass is 453 g/mol. The number of hydrogen-bond donors (Lipinski definition) is 2. The number of imidazole rings is 1. The number of halogens is 1. The van der Waals surface area contributed by atoms with Crippen LogP contribution in [0.25, 0.3) is 16.7 Å². The zero-order valence-corrected chi connectivity index (χ0v) is 18.6. The van der Waals surface area contributed by atoms with Crippen molar-refractivity contribution in [1.29, 1.82) is 0 Å². The fourth-order valence-corrected chi connectivity index (χ4v) is 5.82. The Bertz CT molecular complexity index is 1350. The van der Waals surface area contributed by atoms with Gasteiger partial charge in [0.25, 0.3) is 0 Å². The van der Waals surface area contributed by atoms with Crippen LogP contribution in [-0.2, 0) is 4.74 Å². The highest BCUT2D eigenvalue weighted by Crippen LogP contribution is 2.55. The summed E-state index contributed by atoms with van der Waals surface area (Å²) in [6, 6.07) is 3.62. The van der Waals surface area contributed by atoms with Gasteiger partial charge in [0, 0.05) is 40.6 Å². The molecule has 0 radical (unpaired) electrons. The summed E-state index contributed by atoms with van der Waals surface area (Å²) in [5.41, 5.74) is 3.78. The standard InChI is InChI=1S/C23H24ClN5O3/c1-12-8-25-19-5-15(16(24)9-29(12)19)18-7-23(10-32-18)6-17(20(30)21(23)31)28-4-3-14-13(2)26-11-27-22(14)28/h3-5,8-9,11,17-18,20-21,30-31H,6-7,10H2,1-2H3. The van der Waals surface area contributed by atoms with Gasteiger partial charge in [0.05, 0.1) is 35.6 Å². The molecule has 0 bridgehead atoms. The minimum absolute atomic E-state index is 0.268. The largest absolute Gasteiger partial charge is 0.390 e. The van der Waals surface area contributed by atoms with Gasteiger partial charge < -0.3 is 23.9 Å². The first-order valence-electron chi connectivity index (χ1n) is 10.8. The quantitative estimate of drug-likeness (QED) is 0.484. The van der Waals surface area contributed by atoms with E-state index in [0.29, 0.717) is 24.5 Å². The summed E-state index contributed by atoms with van der Waals surface area (Å²) < 4.78 is 10.1. The number of nitrogens with zero attached hydrogens (tertiary/aromatic N) is 5. The molecule has 8 nitrogen and oxygen atoms in total. The molecule has 5 unspecified atom stereocenters. The van der Waals surface area contributed by atoms with Crippen LogP contribution in [0.2, 0.25) is 5.02 Å². The Morgan fingerprint density at radius 1 is 1.19 bits per heavy atom. The Kier molecular flexibility index (Phi) is 4.39. The fourth-order valence-electron chi connectivity index (χ4n) is 5.54. The lowest BCUT2D eigenvalue weighted by Gasteiger charge is -2.26. The number of pyridine rings is 1. The molecule has 2 N–H and O–H groups in total. The molecule has 1 aliphatic heterocycles. The van der Waals surface area contributed by atoms with E-state index in [0.717, 1.165) is 33.6 Å². The molecule has 4 aromatic heterocycles. The van der Waals surface area contributed by atoms with Gasteiger partial charge in [-0.2, -0.15) is 0 Å². The maximum atomic E-state index is 11.1. The van der Waals surface area contributed by atoms with E-state index < -0.39 is 17.6 Å². The second-order valence-electron chi connectivity index (χ2n) is 9.20.